The van der Waals surface area contributed by atoms with Gasteiger partial charge in [-0.2, -0.15) is 0 Å². The molecule has 128 valence electrons. The molecular formula is C18H24N4OS. The quantitative estimate of drug-likeness (QED) is 0.752. The van der Waals surface area contributed by atoms with Crippen molar-refractivity contribution in [2.24, 2.45) is 0 Å². The average Bonchev–Trinajstić information content (AvgIpc) is 3.00. The summed E-state index contributed by atoms with van der Waals surface area (Å²) in [5, 5.41) is 10.6. The molecule has 24 heavy (non-hydrogen) atoms. The Labute approximate surface area is 147 Å². The van der Waals surface area contributed by atoms with Gasteiger partial charge >= 0.3 is 0 Å². The normalized spacial score (nSPS) is 11.8. The first-order chi connectivity index (χ1) is 11.4. The van der Waals surface area contributed by atoms with Crippen LogP contribution in [-0.2, 0) is 4.79 Å². The van der Waals surface area contributed by atoms with Crippen LogP contribution in [0.25, 0.3) is 12.2 Å². The molecule has 0 saturated carbocycles. The summed E-state index contributed by atoms with van der Waals surface area (Å²) in [4.78, 5) is 16.3. The zero-order valence-electron chi connectivity index (χ0n) is 14.6. The fraction of sp³-hybridized carbons (Fsp3) is 0.389. The first-order valence-corrected chi connectivity index (χ1v) is 8.98. The predicted molar refractivity (Wildman–Crippen MR) is 99.7 cm³/mol. The summed E-state index contributed by atoms with van der Waals surface area (Å²) in [7, 11) is 0. The van der Waals surface area contributed by atoms with Gasteiger partial charge in [0.05, 0.1) is 5.75 Å². The van der Waals surface area contributed by atoms with E-state index in [9.17, 15) is 4.79 Å². The maximum absolute atomic E-state index is 11.9. The van der Waals surface area contributed by atoms with E-state index in [1.54, 1.807) is 0 Å². The molecule has 0 aliphatic carbocycles. The third-order valence-corrected chi connectivity index (χ3v) is 4.63. The Morgan fingerprint density at radius 2 is 2.08 bits per heavy atom. The monoisotopic (exact) mass is 344 g/mol. The van der Waals surface area contributed by atoms with E-state index in [4.69, 9.17) is 0 Å². The Morgan fingerprint density at radius 1 is 1.33 bits per heavy atom. The van der Waals surface area contributed by atoms with Crippen molar-refractivity contribution in [3.05, 3.63) is 41.2 Å². The molecule has 2 N–H and O–H groups in total. The number of aryl methyl sites for hydroxylation is 1. The standard InChI is InChI=1S/C18H24N4OS/c1-5-18(3,4)20-16(23)12-24-17-19-15(21-22-17)11-10-14-9-7-6-8-13(14)2/h6-11H,5,12H2,1-4H3,(H,20,23)(H,19,21,22)/b11-10+. The number of nitrogens with zero attached hydrogens (tertiary/aromatic N) is 2. The molecule has 0 aliphatic heterocycles. The summed E-state index contributed by atoms with van der Waals surface area (Å²) in [6.07, 6.45) is 4.78. The Balaban J connectivity index is 1.89. The molecule has 1 aromatic carbocycles. The van der Waals surface area contributed by atoms with Gasteiger partial charge < -0.3 is 5.32 Å². The first-order valence-electron chi connectivity index (χ1n) is 7.99. The highest BCUT2D eigenvalue weighted by Crippen LogP contribution is 2.15. The number of nitrogens with one attached hydrogen (secondary N) is 2. The molecule has 0 unspecified atom stereocenters. The maximum Gasteiger partial charge on any atom is 0.230 e. The molecule has 2 aromatic rings. The second-order valence-electron chi connectivity index (χ2n) is 6.27. The Bertz CT molecular complexity index is 721. The van der Waals surface area contributed by atoms with Crippen LogP contribution in [0.2, 0.25) is 0 Å². The van der Waals surface area contributed by atoms with E-state index in [0.29, 0.717) is 16.7 Å². The third-order valence-electron chi connectivity index (χ3n) is 3.79. The van der Waals surface area contributed by atoms with Crippen LogP contribution in [-0.4, -0.2) is 32.4 Å². The number of hydrogen-bond acceptors (Lipinski definition) is 4. The lowest BCUT2D eigenvalue weighted by atomic mass is 10.0. The fourth-order valence-corrected chi connectivity index (χ4v) is 2.58. The van der Waals surface area contributed by atoms with Gasteiger partial charge in [0.15, 0.2) is 0 Å². The Morgan fingerprint density at radius 3 is 2.79 bits per heavy atom. The van der Waals surface area contributed by atoms with E-state index >= 15 is 0 Å². The van der Waals surface area contributed by atoms with Crippen molar-refractivity contribution in [1.29, 1.82) is 0 Å². The molecule has 1 amide bonds. The summed E-state index contributed by atoms with van der Waals surface area (Å²) < 4.78 is 0. The van der Waals surface area contributed by atoms with E-state index in [2.05, 4.69) is 46.5 Å². The summed E-state index contributed by atoms with van der Waals surface area (Å²) in [6.45, 7) is 8.14. The van der Waals surface area contributed by atoms with E-state index in [1.807, 2.05) is 38.1 Å². The summed E-state index contributed by atoms with van der Waals surface area (Å²) in [6, 6.07) is 8.14. The number of carbonyl (C=O) groups is 1. The van der Waals surface area contributed by atoms with Gasteiger partial charge in [-0.15, -0.1) is 5.10 Å². The predicted octanol–water partition coefficient (Wildman–Crippen LogP) is 3.68. The Hall–Kier alpha value is -2.08. The van der Waals surface area contributed by atoms with Crippen molar-refractivity contribution < 1.29 is 4.79 Å². The molecule has 0 bridgehead atoms. The van der Waals surface area contributed by atoms with Crippen LogP contribution in [0.4, 0.5) is 0 Å². The number of carbonyl (C=O) groups excluding carboxylic acids is 1. The minimum Gasteiger partial charge on any atom is -0.351 e. The SMILES string of the molecule is CCC(C)(C)NC(=O)CSc1n[nH]c(/C=C/c2ccccc2C)n1. The zero-order valence-corrected chi connectivity index (χ0v) is 15.4. The van der Waals surface area contributed by atoms with E-state index in [0.717, 1.165) is 12.0 Å². The lowest BCUT2D eigenvalue weighted by Crippen LogP contribution is -2.43. The number of amides is 1. The fourth-order valence-electron chi connectivity index (χ4n) is 1.97. The minimum absolute atomic E-state index is 0.00588. The molecule has 0 radical (unpaired) electrons. The number of aromatic amines is 1. The average molecular weight is 344 g/mol. The highest BCUT2D eigenvalue weighted by Gasteiger charge is 2.18. The number of H-pyrrole nitrogens is 1. The van der Waals surface area contributed by atoms with Crippen LogP contribution in [0, 0.1) is 6.92 Å². The van der Waals surface area contributed by atoms with Gasteiger partial charge in [0, 0.05) is 5.54 Å². The van der Waals surface area contributed by atoms with Crippen LogP contribution in [0.5, 0.6) is 0 Å². The third kappa shape index (κ3) is 5.53. The molecule has 6 heteroatoms. The number of thioether (sulfide) groups is 1. The molecule has 2 rings (SSSR count). The molecular weight excluding hydrogens is 320 g/mol. The molecule has 1 heterocycles. The lowest BCUT2D eigenvalue weighted by molar-refractivity contribution is -0.120. The van der Waals surface area contributed by atoms with Crippen LogP contribution in [0.1, 0.15) is 44.1 Å². The molecule has 0 spiro atoms. The van der Waals surface area contributed by atoms with Crippen LogP contribution < -0.4 is 5.32 Å². The lowest BCUT2D eigenvalue weighted by Gasteiger charge is -2.24. The molecule has 0 fully saturated rings. The van der Waals surface area contributed by atoms with Crippen molar-refractivity contribution >= 4 is 29.8 Å². The van der Waals surface area contributed by atoms with Gasteiger partial charge in [-0.1, -0.05) is 49.0 Å². The van der Waals surface area contributed by atoms with Crippen molar-refractivity contribution in [1.82, 2.24) is 20.5 Å². The molecule has 0 atom stereocenters. The van der Waals surface area contributed by atoms with Gasteiger partial charge in [-0.3, -0.25) is 9.89 Å². The number of benzene rings is 1. The maximum atomic E-state index is 11.9. The smallest absolute Gasteiger partial charge is 0.230 e. The van der Waals surface area contributed by atoms with Crippen LogP contribution >= 0.6 is 11.8 Å². The van der Waals surface area contributed by atoms with Crippen molar-refractivity contribution in [3.63, 3.8) is 0 Å². The number of hydrogen-bond donors (Lipinski definition) is 2. The Kier molecular flexibility index (Phi) is 6.20. The number of aromatic nitrogens is 3. The second-order valence-corrected chi connectivity index (χ2v) is 7.21. The van der Waals surface area contributed by atoms with Gasteiger partial charge in [-0.05, 0) is 44.4 Å². The van der Waals surface area contributed by atoms with E-state index in [1.165, 1.54) is 17.3 Å². The zero-order chi connectivity index (χ0) is 17.6. The largest absolute Gasteiger partial charge is 0.351 e. The minimum atomic E-state index is -0.182. The van der Waals surface area contributed by atoms with Gasteiger partial charge in [0.2, 0.25) is 11.1 Å². The highest BCUT2D eigenvalue weighted by atomic mass is 32.2. The van der Waals surface area contributed by atoms with E-state index < -0.39 is 0 Å². The van der Waals surface area contributed by atoms with Gasteiger partial charge in [-0.25, -0.2) is 4.98 Å². The summed E-state index contributed by atoms with van der Waals surface area (Å²) >= 11 is 1.33. The van der Waals surface area contributed by atoms with Crippen molar-refractivity contribution in [2.45, 2.75) is 44.8 Å². The second kappa shape index (κ2) is 8.15. The van der Waals surface area contributed by atoms with Crippen molar-refractivity contribution in [2.75, 3.05) is 5.75 Å². The first kappa shape index (κ1) is 18.3. The molecule has 0 aliphatic rings. The summed E-state index contributed by atoms with van der Waals surface area (Å²) in [5.41, 5.74) is 2.17. The van der Waals surface area contributed by atoms with Gasteiger partial charge in [0.1, 0.15) is 5.82 Å². The summed E-state index contributed by atoms with van der Waals surface area (Å²) in [5.74, 6) is 0.978. The van der Waals surface area contributed by atoms with E-state index in [-0.39, 0.29) is 11.4 Å². The van der Waals surface area contributed by atoms with Crippen LogP contribution in [0.3, 0.4) is 0 Å². The number of rotatable bonds is 7. The molecule has 0 saturated heterocycles. The van der Waals surface area contributed by atoms with Crippen LogP contribution in [0.15, 0.2) is 29.4 Å². The van der Waals surface area contributed by atoms with Gasteiger partial charge in [0.25, 0.3) is 0 Å². The molecule has 5 nitrogen and oxygen atoms in total. The topological polar surface area (TPSA) is 70.7 Å². The van der Waals surface area contributed by atoms with Crippen molar-refractivity contribution in [3.8, 4) is 0 Å². The molecule has 1 aromatic heterocycles. The highest BCUT2D eigenvalue weighted by molar-refractivity contribution is 7.99.